The lowest BCUT2D eigenvalue weighted by molar-refractivity contribution is -0.142. The molecule has 2 atom stereocenters. The Morgan fingerprint density at radius 3 is 2.34 bits per heavy atom. The molecule has 0 unspecified atom stereocenters. The van der Waals surface area contributed by atoms with Crippen molar-refractivity contribution >= 4 is 40.8 Å². The molecule has 0 bridgehead atoms. The van der Waals surface area contributed by atoms with Crippen molar-refractivity contribution in [1.29, 1.82) is 0 Å². The molecule has 3 aromatic rings. The second kappa shape index (κ2) is 16.2. The Morgan fingerprint density at radius 2 is 1.64 bits per heavy atom. The van der Waals surface area contributed by atoms with Crippen LogP contribution in [0.2, 0.25) is 5.02 Å². The first kappa shape index (κ1) is 34.3. The smallest absolute Gasteiger partial charge is 0.246 e. The molecule has 0 aliphatic carbocycles. The highest BCUT2D eigenvalue weighted by Crippen LogP contribution is 2.26. The molecule has 2 N–H and O–H groups in total. The van der Waals surface area contributed by atoms with Gasteiger partial charge in [0.05, 0.1) is 6.10 Å². The maximum atomic E-state index is 14.1. The number of rotatable bonds is 12. The fraction of sp³-hybridized carbons (Fsp3) is 0.405. The highest BCUT2D eigenvalue weighted by Gasteiger charge is 2.36. The lowest BCUT2D eigenvalue weighted by Gasteiger charge is -2.37. The average molecular weight is 659 g/mol. The maximum Gasteiger partial charge on any atom is 0.246 e. The minimum absolute atomic E-state index is 0.0169. The second-order valence-electron chi connectivity index (χ2n) is 12.4. The molecule has 2 heterocycles. The van der Waals surface area contributed by atoms with Crippen LogP contribution < -0.4 is 10.6 Å². The van der Waals surface area contributed by atoms with Crippen molar-refractivity contribution in [2.45, 2.75) is 70.2 Å². The third-order valence-corrected chi connectivity index (χ3v) is 9.62. The van der Waals surface area contributed by atoms with Crippen LogP contribution in [0.15, 0.2) is 72.8 Å². The van der Waals surface area contributed by atoms with Crippen LogP contribution in [0, 0.1) is 6.92 Å². The first-order valence-corrected chi connectivity index (χ1v) is 16.7. The fourth-order valence-electron chi connectivity index (χ4n) is 6.32. The normalized spacial score (nSPS) is 17.4. The molecule has 2 aliphatic rings. The average Bonchev–Trinajstić information content (AvgIpc) is 3.10. The van der Waals surface area contributed by atoms with Gasteiger partial charge in [0, 0.05) is 68.8 Å². The molecule has 0 aromatic heterocycles. The van der Waals surface area contributed by atoms with Crippen LogP contribution in [0.4, 0.5) is 5.69 Å². The number of halogens is 1. The van der Waals surface area contributed by atoms with E-state index in [9.17, 15) is 19.2 Å². The van der Waals surface area contributed by atoms with Crippen molar-refractivity contribution in [3.8, 4) is 0 Å². The van der Waals surface area contributed by atoms with E-state index < -0.39 is 18.0 Å². The number of methoxy groups -OCH3 is 1. The minimum atomic E-state index is -0.840. The van der Waals surface area contributed by atoms with Gasteiger partial charge in [0.25, 0.3) is 0 Å². The predicted molar refractivity (Wildman–Crippen MR) is 182 cm³/mol. The highest BCUT2D eigenvalue weighted by atomic mass is 35.5. The van der Waals surface area contributed by atoms with Crippen molar-refractivity contribution in [3.05, 3.63) is 100 Å². The standard InChI is InChI=1S/C37H43ClN4O5/c1-25-22-29(12-13-31(25)38)39-36(45)32(18-21-41-19-16-30(47-2)17-20-41)40-37(46)33-23-27-10-6-7-11-28(27)24-42(33)35(44)15-14-34(43)26-8-4-3-5-9-26/h3-13,22,30,32-33H,14-21,23-24H2,1-2H3,(H,39,45)(H,40,46)/t32-,33-/m0/s1. The first-order chi connectivity index (χ1) is 22.7. The summed E-state index contributed by atoms with van der Waals surface area (Å²) in [6.07, 6.45) is 2.79. The summed E-state index contributed by atoms with van der Waals surface area (Å²) in [5.41, 5.74) is 3.91. The topological polar surface area (TPSA) is 108 Å². The number of carbonyl (C=O) groups is 4. The van der Waals surface area contributed by atoms with Crippen LogP contribution in [0.1, 0.15) is 59.2 Å². The number of aryl methyl sites for hydroxylation is 1. The van der Waals surface area contributed by atoms with Gasteiger partial charge in [-0.1, -0.05) is 66.2 Å². The molecule has 0 radical (unpaired) electrons. The van der Waals surface area contributed by atoms with Gasteiger partial charge in [0.15, 0.2) is 5.78 Å². The zero-order valence-corrected chi connectivity index (χ0v) is 27.8. The summed E-state index contributed by atoms with van der Waals surface area (Å²) >= 11 is 6.20. The summed E-state index contributed by atoms with van der Waals surface area (Å²) in [6, 6.07) is 20.2. The zero-order chi connectivity index (χ0) is 33.3. The van der Waals surface area contributed by atoms with Gasteiger partial charge in [-0.15, -0.1) is 0 Å². The van der Waals surface area contributed by atoms with Gasteiger partial charge in [0.2, 0.25) is 17.7 Å². The summed E-state index contributed by atoms with van der Waals surface area (Å²) in [7, 11) is 1.73. The van der Waals surface area contributed by atoms with Crippen LogP contribution >= 0.6 is 11.6 Å². The van der Waals surface area contributed by atoms with Gasteiger partial charge in [-0.3, -0.25) is 19.2 Å². The van der Waals surface area contributed by atoms with Gasteiger partial charge >= 0.3 is 0 Å². The minimum Gasteiger partial charge on any atom is -0.381 e. The largest absolute Gasteiger partial charge is 0.381 e. The SMILES string of the molecule is COC1CCN(CC[C@H](NC(=O)[C@@H]2Cc3ccccc3CN2C(=O)CCC(=O)c2ccccc2)C(=O)Nc2ccc(Cl)c(C)c2)CC1. The van der Waals surface area contributed by atoms with Gasteiger partial charge in [-0.2, -0.15) is 0 Å². The molecule has 9 nitrogen and oxygen atoms in total. The quantitative estimate of drug-likeness (QED) is 0.260. The number of hydrogen-bond acceptors (Lipinski definition) is 6. The number of nitrogens with zero attached hydrogens (tertiary/aromatic N) is 2. The number of amides is 3. The molecule has 1 saturated heterocycles. The number of benzene rings is 3. The molecular weight excluding hydrogens is 616 g/mol. The molecule has 248 valence electrons. The van der Waals surface area contributed by atoms with E-state index in [-0.39, 0.29) is 43.1 Å². The third kappa shape index (κ3) is 9.06. The van der Waals surface area contributed by atoms with E-state index in [1.54, 1.807) is 54.5 Å². The van der Waals surface area contributed by atoms with Crippen LogP contribution in [-0.4, -0.2) is 78.2 Å². The number of ketones is 1. The molecular formula is C37H43ClN4O5. The first-order valence-electron chi connectivity index (χ1n) is 16.3. The van der Waals surface area contributed by atoms with Crippen LogP contribution in [0.5, 0.6) is 0 Å². The van der Waals surface area contributed by atoms with E-state index in [0.29, 0.717) is 35.7 Å². The van der Waals surface area contributed by atoms with E-state index in [4.69, 9.17) is 16.3 Å². The van der Waals surface area contributed by atoms with Crippen molar-refractivity contribution in [2.75, 3.05) is 32.1 Å². The number of Topliss-reactive ketones (excluding diaryl/α,β-unsaturated/α-hetero) is 1. The number of hydrogen-bond donors (Lipinski definition) is 2. The van der Waals surface area contributed by atoms with Crippen LogP contribution in [0.25, 0.3) is 0 Å². The predicted octanol–water partition coefficient (Wildman–Crippen LogP) is 5.19. The summed E-state index contributed by atoms with van der Waals surface area (Å²) < 4.78 is 5.51. The Bertz CT molecular complexity index is 1570. The van der Waals surface area contributed by atoms with Crippen molar-refractivity contribution < 1.29 is 23.9 Å². The fourth-order valence-corrected chi connectivity index (χ4v) is 6.44. The molecule has 0 saturated carbocycles. The molecule has 0 spiro atoms. The number of ether oxygens (including phenoxy) is 1. The second-order valence-corrected chi connectivity index (χ2v) is 12.8. The van der Waals surface area contributed by atoms with Gasteiger partial charge in [0.1, 0.15) is 12.1 Å². The van der Waals surface area contributed by atoms with Gasteiger partial charge < -0.3 is 25.2 Å². The van der Waals surface area contributed by atoms with Gasteiger partial charge in [-0.05, 0) is 61.1 Å². The molecule has 5 rings (SSSR count). The molecule has 47 heavy (non-hydrogen) atoms. The Morgan fingerprint density at radius 1 is 0.936 bits per heavy atom. The van der Waals surface area contributed by atoms with Crippen molar-refractivity contribution in [1.82, 2.24) is 15.1 Å². The van der Waals surface area contributed by atoms with Crippen LogP contribution in [0.3, 0.4) is 0 Å². The number of fused-ring (bicyclic) bond motifs is 1. The Hall–Kier alpha value is -4.05. The maximum absolute atomic E-state index is 14.1. The Kier molecular flexibility index (Phi) is 11.8. The van der Waals surface area contributed by atoms with E-state index >= 15 is 0 Å². The van der Waals surface area contributed by atoms with Crippen molar-refractivity contribution in [3.63, 3.8) is 0 Å². The number of nitrogens with one attached hydrogen (secondary N) is 2. The number of anilines is 1. The van der Waals surface area contributed by atoms with E-state index in [1.165, 1.54) is 0 Å². The summed E-state index contributed by atoms with van der Waals surface area (Å²) in [5, 5.41) is 6.56. The summed E-state index contributed by atoms with van der Waals surface area (Å²) in [4.78, 5) is 58.1. The summed E-state index contributed by atoms with van der Waals surface area (Å²) in [5.74, 6) is -1.13. The van der Waals surface area contributed by atoms with E-state index in [2.05, 4.69) is 15.5 Å². The van der Waals surface area contributed by atoms with Gasteiger partial charge in [-0.25, -0.2) is 0 Å². The zero-order valence-electron chi connectivity index (χ0n) is 27.0. The molecule has 10 heteroatoms. The third-order valence-electron chi connectivity index (χ3n) is 9.19. The molecule has 3 amide bonds. The Balaban J connectivity index is 1.32. The van der Waals surface area contributed by atoms with E-state index in [0.717, 1.165) is 42.6 Å². The lowest BCUT2D eigenvalue weighted by atomic mass is 9.92. The number of piperidine rings is 1. The molecule has 2 aliphatic heterocycles. The monoisotopic (exact) mass is 658 g/mol. The summed E-state index contributed by atoms with van der Waals surface area (Å²) in [6.45, 7) is 4.43. The molecule has 3 aromatic carbocycles. The Labute approximate surface area is 281 Å². The van der Waals surface area contributed by atoms with E-state index in [1.807, 2.05) is 37.3 Å². The number of likely N-dealkylation sites (tertiary alicyclic amines) is 1. The van der Waals surface area contributed by atoms with Crippen LogP contribution in [-0.2, 0) is 32.1 Å². The van der Waals surface area contributed by atoms with Crippen molar-refractivity contribution in [2.24, 2.45) is 0 Å². The number of carbonyl (C=O) groups excluding carboxylic acids is 4. The highest BCUT2D eigenvalue weighted by molar-refractivity contribution is 6.31. The molecule has 1 fully saturated rings. The lowest BCUT2D eigenvalue weighted by Crippen LogP contribution is -2.56.